The van der Waals surface area contributed by atoms with Gasteiger partial charge in [0.05, 0.1) is 10.9 Å². The van der Waals surface area contributed by atoms with Crippen LogP contribution in [0.5, 0.6) is 5.75 Å². The summed E-state index contributed by atoms with van der Waals surface area (Å²) in [4.78, 5) is 14.1. The first-order chi connectivity index (χ1) is 10.6. The molecule has 5 heteroatoms. The van der Waals surface area contributed by atoms with Crippen molar-refractivity contribution in [3.8, 4) is 5.75 Å². The third kappa shape index (κ3) is 3.15. The Bertz CT molecular complexity index is 703. The van der Waals surface area contributed by atoms with Crippen molar-refractivity contribution >= 4 is 11.0 Å². The molecule has 2 heterocycles. The van der Waals surface area contributed by atoms with E-state index < -0.39 is 11.7 Å². The molecule has 1 aromatic carbocycles. The minimum absolute atomic E-state index is 0.171. The Morgan fingerprint density at radius 3 is 2.82 bits per heavy atom. The minimum atomic E-state index is -0.566. The van der Waals surface area contributed by atoms with Crippen LogP contribution in [-0.2, 0) is 0 Å². The number of fused-ring (bicyclic) bond motifs is 1. The summed E-state index contributed by atoms with van der Waals surface area (Å²) in [5.74, 6) is 0.507. The number of para-hydroxylation sites is 1. The van der Waals surface area contributed by atoms with Crippen molar-refractivity contribution in [1.29, 1.82) is 0 Å². The number of nitrogens with zero attached hydrogens (tertiary/aromatic N) is 1. The average Bonchev–Trinajstić information content (AvgIpc) is 3.00. The lowest BCUT2D eigenvalue weighted by atomic mass is 10.1. The van der Waals surface area contributed by atoms with E-state index in [4.69, 9.17) is 9.15 Å². The molecule has 5 nitrogen and oxygen atoms in total. The summed E-state index contributed by atoms with van der Waals surface area (Å²) in [6.45, 7) is 4.53. The number of aliphatic hydroxyl groups excluding tert-OH is 1. The van der Waals surface area contributed by atoms with Crippen LogP contribution >= 0.6 is 0 Å². The van der Waals surface area contributed by atoms with Gasteiger partial charge in [-0.3, -0.25) is 0 Å². The first kappa shape index (κ1) is 15.1. The zero-order chi connectivity index (χ0) is 15.5. The second-order valence-electron chi connectivity index (χ2n) is 5.81. The van der Waals surface area contributed by atoms with Gasteiger partial charge in [-0.15, -0.1) is 0 Å². The van der Waals surface area contributed by atoms with Gasteiger partial charge in [0.2, 0.25) is 0 Å². The summed E-state index contributed by atoms with van der Waals surface area (Å²) in [6, 6.07) is 7.28. The number of rotatable bonds is 5. The predicted molar refractivity (Wildman–Crippen MR) is 84.4 cm³/mol. The zero-order valence-electron chi connectivity index (χ0n) is 12.7. The Morgan fingerprint density at radius 2 is 2.05 bits per heavy atom. The fourth-order valence-electron chi connectivity index (χ4n) is 2.90. The molecule has 1 saturated heterocycles. The molecule has 0 spiro atoms. The van der Waals surface area contributed by atoms with Crippen molar-refractivity contribution in [3.05, 3.63) is 40.2 Å². The van der Waals surface area contributed by atoms with Gasteiger partial charge in [0, 0.05) is 6.54 Å². The van der Waals surface area contributed by atoms with Crippen molar-refractivity contribution in [2.75, 3.05) is 26.2 Å². The van der Waals surface area contributed by atoms with Crippen molar-refractivity contribution < 1.29 is 14.3 Å². The molecule has 2 aromatic rings. The third-order valence-electron chi connectivity index (χ3n) is 4.07. The Morgan fingerprint density at radius 1 is 1.32 bits per heavy atom. The number of benzene rings is 1. The molecule has 1 unspecified atom stereocenters. The summed E-state index contributed by atoms with van der Waals surface area (Å²) in [5.41, 5.74) is 0.539. The molecule has 0 bridgehead atoms. The molecule has 3 rings (SSSR count). The molecule has 0 aliphatic carbocycles. The number of β-amino-alcohol motifs (C(OH)–C–C–N with tert-alkyl or cyclic N) is 1. The van der Waals surface area contributed by atoms with E-state index in [-0.39, 0.29) is 6.61 Å². The number of hydrogen-bond acceptors (Lipinski definition) is 5. The normalized spacial score (nSPS) is 17.0. The Kier molecular flexibility index (Phi) is 4.45. The van der Waals surface area contributed by atoms with Crippen LogP contribution < -0.4 is 10.4 Å². The summed E-state index contributed by atoms with van der Waals surface area (Å²) < 4.78 is 11.0. The van der Waals surface area contributed by atoms with Gasteiger partial charge >= 0.3 is 5.63 Å². The van der Waals surface area contributed by atoms with Crippen LogP contribution in [0, 0.1) is 6.92 Å². The Balaban J connectivity index is 1.75. The van der Waals surface area contributed by atoms with E-state index in [0.29, 0.717) is 23.4 Å². The fraction of sp³-hybridized carbons (Fsp3) is 0.471. The van der Waals surface area contributed by atoms with Crippen molar-refractivity contribution in [2.45, 2.75) is 25.9 Å². The van der Waals surface area contributed by atoms with E-state index in [1.54, 1.807) is 13.0 Å². The number of aliphatic hydroxyl groups is 1. The molecule has 1 atom stereocenters. The van der Waals surface area contributed by atoms with Crippen LogP contribution in [0.25, 0.3) is 11.0 Å². The molecule has 1 aliphatic heterocycles. The van der Waals surface area contributed by atoms with Gasteiger partial charge < -0.3 is 19.2 Å². The number of hydrogen-bond donors (Lipinski definition) is 1. The summed E-state index contributed by atoms with van der Waals surface area (Å²) in [6.07, 6.45) is 1.82. The highest BCUT2D eigenvalue weighted by Gasteiger charge is 2.18. The molecule has 0 radical (unpaired) electrons. The molecular weight excluding hydrogens is 282 g/mol. The largest absolute Gasteiger partial charge is 0.490 e. The van der Waals surface area contributed by atoms with E-state index in [9.17, 15) is 9.90 Å². The first-order valence-electron chi connectivity index (χ1n) is 7.71. The highest BCUT2D eigenvalue weighted by Crippen LogP contribution is 2.27. The summed E-state index contributed by atoms with van der Waals surface area (Å²) in [7, 11) is 0. The van der Waals surface area contributed by atoms with Gasteiger partial charge in [0.1, 0.15) is 24.0 Å². The van der Waals surface area contributed by atoms with Crippen LogP contribution in [0.4, 0.5) is 0 Å². The fourth-order valence-corrected chi connectivity index (χ4v) is 2.90. The van der Waals surface area contributed by atoms with Crippen LogP contribution in [-0.4, -0.2) is 42.4 Å². The lowest BCUT2D eigenvalue weighted by Crippen LogP contribution is -2.33. The topological polar surface area (TPSA) is 62.9 Å². The van der Waals surface area contributed by atoms with Gasteiger partial charge in [-0.25, -0.2) is 4.79 Å². The highest BCUT2D eigenvalue weighted by molar-refractivity contribution is 5.84. The number of ether oxygens (including phenoxy) is 1. The van der Waals surface area contributed by atoms with Gasteiger partial charge in [0.15, 0.2) is 0 Å². The first-order valence-corrected chi connectivity index (χ1v) is 7.71. The van der Waals surface area contributed by atoms with Crippen molar-refractivity contribution in [3.63, 3.8) is 0 Å². The molecule has 1 aromatic heterocycles. The lowest BCUT2D eigenvalue weighted by molar-refractivity contribution is 0.0760. The second kappa shape index (κ2) is 6.50. The maximum absolute atomic E-state index is 11.9. The van der Waals surface area contributed by atoms with E-state index in [0.717, 1.165) is 18.5 Å². The second-order valence-corrected chi connectivity index (χ2v) is 5.81. The van der Waals surface area contributed by atoms with Crippen LogP contribution in [0.3, 0.4) is 0 Å². The van der Waals surface area contributed by atoms with Crippen molar-refractivity contribution in [1.82, 2.24) is 4.90 Å². The molecule has 1 fully saturated rings. The third-order valence-corrected chi connectivity index (χ3v) is 4.07. The van der Waals surface area contributed by atoms with E-state index in [1.807, 2.05) is 18.2 Å². The molecule has 1 aliphatic rings. The van der Waals surface area contributed by atoms with E-state index in [2.05, 4.69) is 4.90 Å². The van der Waals surface area contributed by atoms with Crippen molar-refractivity contribution in [2.24, 2.45) is 0 Å². The van der Waals surface area contributed by atoms with Gasteiger partial charge in [0.25, 0.3) is 0 Å². The minimum Gasteiger partial charge on any atom is -0.490 e. The average molecular weight is 303 g/mol. The summed E-state index contributed by atoms with van der Waals surface area (Å²) >= 11 is 0. The van der Waals surface area contributed by atoms with Gasteiger partial charge in [-0.05, 0) is 45.0 Å². The van der Waals surface area contributed by atoms with Crippen LogP contribution in [0.15, 0.2) is 33.5 Å². The maximum Gasteiger partial charge on any atom is 0.342 e. The van der Waals surface area contributed by atoms with E-state index in [1.165, 1.54) is 12.8 Å². The molecule has 22 heavy (non-hydrogen) atoms. The smallest absolute Gasteiger partial charge is 0.342 e. The van der Waals surface area contributed by atoms with Gasteiger partial charge in [-0.1, -0.05) is 12.1 Å². The van der Waals surface area contributed by atoms with Crippen LogP contribution in [0.2, 0.25) is 0 Å². The molecule has 118 valence electrons. The maximum atomic E-state index is 11.9. The molecule has 0 amide bonds. The summed E-state index contributed by atoms with van der Waals surface area (Å²) in [5, 5.41) is 10.9. The highest BCUT2D eigenvalue weighted by atomic mass is 16.5. The standard InChI is InChI=1S/C17H21NO4/c1-12-16(14-6-2-3-7-15(14)22-17(12)20)21-11-13(19)10-18-8-4-5-9-18/h2-3,6-7,13,19H,4-5,8-11H2,1H3. The van der Waals surface area contributed by atoms with Gasteiger partial charge in [-0.2, -0.15) is 0 Å². The molecule has 1 N–H and O–H groups in total. The zero-order valence-corrected chi connectivity index (χ0v) is 12.7. The number of likely N-dealkylation sites (tertiary alicyclic amines) is 1. The van der Waals surface area contributed by atoms with E-state index >= 15 is 0 Å². The quantitative estimate of drug-likeness (QED) is 0.855. The molecular formula is C17H21NO4. The predicted octanol–water partition coefficient (Wildman–Crippen LogP) is 1.94. The molecule has 0 saturated carbocycles. The van der Waals surface area contributed by atoms with Crippen LogP contribution in [0.1, 0.15) is 18.4 Å². The Hall–Kier alpha value is -1.85. The SMILES string of the molecule is Cc1c(OCC(O)CN2CCCC2)c2ccccc2oc1=O. The lowest BCUT2D eigenvalue weighted by Gasteiger charge is -2.20. The monoisotopic (exact) mass is 303 g/mol. The Labute approximate surface area is 129 Å².